The molecule has 1 saturated carbocycles. The number of hydrogen-bond donors (Lipinski definition) is 1. The summed E-state index contributed by atoms with van der Waals surface area (Å²) in [5, 5.41) is 13.2. The van der Waals surface area contributed by atoms with E-state index in [1.807, 2.05) is 37.3 Å². The van der Waals surface area contributed by atoms with E-state index in [9.17, 15) is 4.79 Å². The molecule has 1 N–H and O–H groups in total. The maximum absolute atomic E-state index is 12.6. The van der Waals surface area contributed by atoms with Crippen molar-refractivity contribution in [1.29, 1.82) is 0 Å². The quantitative estimate of drug-likeness (QED) is 0.503. The number of nitrogens with one attached hydrogen (secondary N) is 1. The third-order valence-corrected chi connectivity index (χ3v) is 6.81. The summed E-state index contributed by atoms with van der Waals surface area (Å²) < 4.78 is 13.7. The predicted molar refractivity (Wildman–Crippen MR) is 125 cm³/mol. The van der Waals surface area contributed by atoms with Gasteiger partial charge in [-0.1, -0.05) is 29.4 Å². The lowest BCUT2D eigenvalue weighted by molar-refractivity contribution is -0.113. The molecule has 0 spiro atoms. The zero-order valence-corrected chi connectivity index (χ0v) is 19.2. The van der Waals surface area contributed by atoms with E-state index in [0.717, 1.165) is 58.6 Å². The zero-order valence-electron chi connectivity index (χ0n) is 17.6. The van der Waals surface area contributed by atoms with Gasteiger partial charge in [-0.15, -0.1) is 10.2 Å². The maximum atomic E-state index is 12.6. The molecule has 0 radical (unpaired) electrons. The van der Waals surface area contributed by atoms with Gasteiger partial charge < -0.3 is 14.8 Å². The van der Waals surface area contributed by atoms with Gasteiger partial charge >= 0.3 is 0 Å². The molecule has 5 rings (SSSR count). The van der Waals surface area contributed by atoms with Crippen molar-refractivity contribution < 1.29 is 14.3 Å². The molecule has 2 aliphatic rings. The number of nitrogens with zero attached hydrogens (tertiary/aromatic N) is 3. The van der Waals surface area contributed by atoms with E-state index in [1.54, 1.807) is 6.07 Å². The Morgan fingerprint density at radius 2 is 2.00 bits per heavy atom. The van der Waals surface area contributed by atoms with Crippen LogP contribution in [0.1, 0.15) is 30.9 Å². The molecular formula is C23H23ClN4O3S. The zero-order chi connectivity index (χ0) is 22.1. The molecule has 166 valence electrons. The molecule has 0 saturated heterocycles. The molecule has 32 heavy (non-hydrogen) atoms. The van der Waals surface area contributed by atoms with Crippen LogP contribution in [0.5, 0.6) is 11.5 Å². The molecule has 2 aromatic carbocycles. The fourth-order valence-corrected chi connectivity index (χ4v) is 4.58. The van der Waals surface area contributed by atoms with Crippen LogP contribution in [-0.4, -0.2) is 39.6 Å². The summed E-state index contributed by atoms with van der Waals surface area (Å²) in [7, 11) is 0. The molecule has 7 nitrogen and oxygen atoms in total. The number of carbonyl (C=O) groups is 1. The van der Waals surface area contributed by atoms with Crippen LogP contribution in [0.2, 0.25) is 5.02 Å². The molecule has 1 aliphatic heterocycles. The highest BCUT2D eigenvalue weighted by molar-refractivity contribution is 7.99. The van der Waals surface area contributed by atoms with Crippen molar-refractivity contribution in [1.82, 2.24) is 14.8 Å². The number of rotatable bonds is 6. The standard InChI is InChI=1S/C23H23ClN4O3S/c1-14-17(24)4-2-5-18(14)25-21(29)13-32-23-27-26-22(28(23)16-7-8-16)15-6-9-19-20(12-15)31-11-3-10-30-19/h2,4-6,9,12,16H,3,7-8,10-11,13H2,1H3,(H,25,29). The van der Waals surface area contributed by atoms with Crippen LogP contribution in [0.3, 0.4) is 0 Å². The number of fused-ring (bicyclic) bond motifs is 1. The third-order valence-electron chi connectivity index (χ3n) is 5.46. The SMILES string of the molecule is Cc1c(Cl)cccc1NC(=O)CSc1nnc(-c2ccc3c(c2)OCCCO3)n1C1CC1. The van der Waals surface area contributed by atoms with Gasteiger partial charge in [0.2, 0.25) is 5.91 Å². The summed E-state index contributed by atoms with van der Waals surface area (Å²) in [6.45, 7) is 3.17. The number of benzene rings is 2. The minimum atomic E-state index is -0.108. The molecule has 0 atom stereocenters. The van der Waals surface area contributed by atoms with Crippen molar-refractivity contribution >= 4 is 35.0 Å². The number of ether oxygens (including phenoxy) is 2. The van der Waals surface area contributed by atoms with Crippen LogP contribution >= 0.6 is 23.4 Å². The van der Waals surface area contributed by atoms with Crippen molar-refractivity contribution in [2.24, 2.45) is 0 Å². The second kappa shape index (κ2) is 9.03. The maximum Gasteiger partial charge on any atom is 0.234 e. The van der Waals surface area contributed by atoms with E-state index in [1.165, 1.54) is 11.8 Å². The third kappa shape index (κ3) is 4.42. The van der Waals surface area contributed by atoms with Gasteiger partial charge in [0.15, 0.2) is 22.5 Å². The first-order chi connectivity index (χ1) is 15.6. The normalized spacial score (nSPS) is 15.3. The highest BCUT2D eigenvalue weighted by Gasteiger charge is 2.31. The van der Waals surface area contributed by atoms with Crippen LogP contribution in [0, 0.1) is 6.92 Å². The summed E-state index contributed by atoms with van der Waals surface area (Å²) in [4.78, 5) is 12.6. The Balaban J connectivity index is 1.33. The van der Waals surface area contributed by atoms with E-state index in [-0.39, 0.29) is 11.7 Å². The number of aromatic nitrogens is 3. The number of carbonyl (C=O) groups excluding carboxylic acids is 1. The van der Waals surface area contributed by atoms with Crippen molar-refractivity contribution in [3.63, 3.8) is 0 Å². The molecular weight excluding hydrogens is 448 g/mol. The Bertz CT molecular complexity index is 1160. The monoisotopic (exact) mass is 470 g/mol. The molecule has 0 unspecified atom stereocenters. The first-order valence-electron chi connectivity index (χ1n) is 10.6. The second-order valence-electron chi connectivity index (χ2n) is 7.87. The largest absolute Gasteiger partial charge is 0.490 e. The minimum absolute atomic E-state index is 0.108. The molecule has 1 aliphatic carbocycles. The van der Waals surface area contributed by atoms with Crippen molar-refractivity contribution in [3.05, 3.63) is 47.0 Å². The number of halogens is 1. The molecule has 1 aromatic heterocycles. The number of amides is 1. The van der Waals surface area contributed by atoms with Crippen molar-refractivity contribution in [2.75, 3.05) is 24.3 Å². The lowest BCUT2D eigenvalue weighted by Crippen LogP contribution is -2.15. The average Bonchev–Trinajstić information content (AvgIpc) is 3.58. The van der Waals surface area contributed by atoms with Gasteiger partial charge in [-0.3, -0.25) is 9.36 Å². The summed E-state index contributed by atoms with van der Waals surface area (Å²) in [6.07, 6.45) is 3.02. The lowest BCUT2D eigenvalue weighted by Gasteiger charge is -2.12. The van der Waals surface area contributed by atoms with Gasteiger partial charge in [0.1, 0.15) is 0 Å². The number of thioether (sulfide) groups is 1. The van der Waals surface area contributed by atoms with Gasteiger partial charge in [0.25, 0.3) is 0 Å². The Hall–Kier alpha value is -2.71. The minimum Gasteiger partial charge on any atom is -0.490 e. The first kappa shape index (κ1) is 21.2. The van der Waals surface area contributed by atoms with Gasteiger partial charge in [0, 0.05) is 28.7 Å². The van der Waals surface area contributed by atoms with Crippen molar-refractivity contribution in [3.8, 4) is 22.9 Å². The number of anilines is 1. The van der Waals surface area contributed by atoms with Crippen LogP contribution in [0.15, 0.2) is 41.6 Å². The molecule has 0 bridgehead atoms. The molecule has 2 heterocycles. The van der Waals surface area contributed by atoms with Crippen LogP contribution < -0.4 is 14.8 Å². The fourth-order valence-electron chi connectivity index (χ4n) is 3.60. The summed E-state index contributed by atoms with van der Waals surface area (Å²) in [5.74, 6) is 2.40. The van der Waals surface area contributed by atoms with E-state index in [0.29, 0.717) is 24.3 Å². The van der Waals surface area contributed by atoms with E-state index >= 15 is 0 Å². The highest BCUT2D eigenvalue weighted by Crippen LogP contribution is 2.42. The Morgan fingerprint density at radius 3 is 2.81 bits per heavy atom. The molecule has 1 fully saturated rings. The highest BCUT2D eigenvalue weighted by atomic mass is 35.5. The van der Waals surface area contributed by atoms with E-state index in [2.05, 4.69) is 20.1 Å². The second-order valence-corrected chi connectivity index (χ2v) is 9.22. The number of hydrogen-bond acceptors (Lipinski definition) is 6. The Morgan fingerprint density at radius 1 is 1.19 bits per heavy atom. The molecule has 3 aromatic rings. The predicted octanol–water partition coefficient (Wildman–Crippen LogP) is 5.13. The molecule has 9 heteroatoms. The van der Waals surface area contributed by atoms with Crippen LogP contribution in [-0.2, 0) is 4.79 Å². The topological polar surface area (TPSA) is 78.3 Å². The fraction of sp³-hybridized carbons (Fsp3) is 0.348. The van der Waals surface area contributed by atoms with E-state index < -0.39 is 0 Å². The summed E-state index contributed by atoms with van der Waals surface area (Å²) in [6, 6.07) is 11.7. The molecule has 1 amide bonds. The van der Waals surface area contributed by atoms with Gasteiger partial charge in [-0.25, -0.2) is 0 Å². The van der Waals surface area contributed by atoms with Crippen LogP contribution in [0.25, 0.3) is 11.4 Å². The lowest BCUT2D eigenvalue weighted by atomic mass is 10.2. The van der Waals surface area contributed by atoms with Gasteiger partial charge in [0.05, 0.1) is 19.0 Å². The summed E-state index contributed by atoms with van der Waals surface area (Å²) >= 11 is 7.54. The first-order valence-corrected chi connectivity index (χ1v) is 12.0. The Kier molecular flexibility index (Phi) is 5.97. The smallest absolute Gasteiger partial charge is 0.234 e. The average molecular weight is 471 g/mol. The van der Waals surface area contributed by atoms with Gasteiger partial charge in [-0.2, -0.15) is 0 Å². The van der Waals surface area contributed by atoms with E-state index in [4.69, 9.17) is 21.1 Å². The van der Waals surface area contributed by atoms with Crippen LogP contribution in [0.4, 0.5) is 5.69 Å². The van der Waals surface area contributed by atoms with Gasteiger partial charge in [-0.05, 0) is 55.7 Å². The summed E-state index contributed by atoms with van der Waals surface area (Å²) in [5.41, 5.74) is 2.50. The Labute approximate surface area is 195 Å². The van der Waals surface area contributed by atoms with Crippen molar-refractivity contribution in [2.45, 2.75) is 37.4 Å².